The van der Waals surface area contributed by atoms with Crippen LogP contribution in [0.25, 0.3) is 10.9 Å². The Morgan fingerprint density at radius 3 is 2.52 bits per heavy atom. The Morgan fingerprint density at radius 2 is 1.79 bits per heavy atom. The fourth-order valence-corrected chi connectivity index (χ4v) is 3.24. The average molecular weight is 389 g/mol. The van der Waals surface area contributed by atoms with Gasteiger partial charge in [-0.1, -0.05) is 44.2 Å². The van der Waals surface area contributed by atoms with Gasteiger partial charge in [-0.25, -0.2) is 0 Å². The van der Waals surface area contributed by atoms with Crippen LogP contribution in [0.1, 0.15) is 46.9 Å². The summed E-state index contributed by atoms with van der Waals surface area (Å²) in [6.07, 6.45) is 0. The average Bonchev–Trinajstić information content (AvgIpc) is 2.69. The van der Waals surface area contributed by atoms with Crippen molar-refractivity contribution < 1.29 is 9.59 Å². The number of hydrogen-bond donors (Lipinski definition) is 1. The zero-order valence-electron chi connectivity index (χ0n) is 17.6. The van der Waals surface area contributed by atoms with Crippen molar-refractivity contribution in [1.82, 2.24) is 9.88 Å². The van der Waals surface area contributed by atoms with Gasteiger partial charge in [0.25, 0.3) is 5.91 Å². The fourth-order valence-electron chi connectivity index (χ4n) is 3.24. The number of rotatable bonds is 5. The number of fused-ring (bicyclic) bond motifs is 1. The molecule has 0 fully saturated rings. The van der Waals surface area contributed by atoms with E-state index in [1.807, 2.05) is 76.2 Å². The number of pyridine rings is 1. The number of para-hydroxylation sites is 1. The van der Waals surface area contributed by atoms with Crippen molar-refractivity contribution >= 4 is 28.4 Å². The van der Waals surface area contributed by atoms with Crippen molar-refractivity contribution in [2.45, 2.75) is 33.6 Å². The molecule has 2 amide bonds. The highest BCUT2D eigenvalue weighted by Crippen LogP contribution is 2.23. The van der Waals surface area contributed by atoms with Crippen molar-refractivity contribution in [2.24, 2.45) is 0 Å². The first-order chi connectivity index (χ1) is 13.8. The van der Waals surface area contributed by atoms with Crippen LogP contribution in [0.5, 0.6) is 0 Å². The number of aryl methyl sites for hydroxylation is 1. The lowest BCUT2D eigenvalue weighted by Gasteiger charge is -2.19. The molecular formula is C24H27N3O2. The molecule has 3 aromatic rings. The Hall–Kier alpha value is -3.21. The molecule has 1 aromatic heterocycles. The van der Waals surface area contributed by atoms with Crippen LogP contribution in [0, 0.1) is 13.8 Å². The molecule has 0 aliphatic carbocycles. The van der Waals surface area contributed by atoms with Crippen LogP contribution in [0.15, 0.2) is 48.5 Å². The van der Waals surface area contributed by atoms with Crippen LogP contribution < -0.4 is 5.32 Å². The standard InChI is InChI=1S/C24H27N3O2/c1-15(2)22-13-19(18-10-6-7-11-21(18)25-22)24(29)27(5)14-23(28)26-20-12-8-9-16(3)17(20)4/h6-13,15H,14H2,1-5H3,(H,26,28). The van der Waals surface area contributed by atoms with Gasteiger partial charge in [-0.15, -0.1) is 0 Å². The van der Waals surface area contributed by atoms with Crippen molar-refractivity contribution in [3.05, 3.63) is 70.9 Å². The first-order valence-electron chi connectivity index (χ1n) is 9.79. The molecule has 5 heteroatoms. The highest BCUT2D eigenvalue weighted by Gasteiger charge is 2.20. The minimum absolute atomic E-state index is 0.0279. The minimum atomic E-state index is -0.225. The Kier molecular flexibility index (Phi) is 5.97. The SMILES string of the molecule is Cc1cccc(NC(=O)CN(C)C(=O)c2cc(C(C)C)nc3ccccc23)c1C. The van der Waals surface area contributed by atoms with Crippen molar-refractivity contribution in [3.8, 4) is 0 Å². The molecule has 0 saturated carbocycles. The number of nitrogens with zero attached hydrogens (tertiary/aromatic N) is 2. The number of anilines is 1. The van der Waals surface area contributed by atoms with E-state index in [0.717, 1.165) is 33.4 Å². The maximum Gasteiger partial charge on any atom is 0.254 e. The molecule has 29 heavy (non-hydrogen) atoms. The van der Waals surface area contributed by atoms with Crippen molar-refractivity contribution in [1.29, 1.82) is 0 Å². The first kappa shape index (κ1) is 20.5. The summed E-state index contributed by atoms with van der Waals surface area (Å²) >= 11 is 0. The second kappa shape index (κ2) is 8.43. The van der Waals surface area contributed by atoms with E-state index in [0.29, 0.717) is 5.56 Å². The van der Waals surface area contributed by atoms with Gasteiger partial charge < -0.3 is 10.2 Å². The summed E-state index contributed by atoms with van der Waals surface area (Å²) in [7, 11) is 1.65. The van der Waals surface area contributed by atoms with Gasteiger partial charge in [0.2, 0.25) is 5.91 Å². The van der Waals surface area contributed by atoms with E-state index < -0.39 is 0 Å². The summed E-state index contributed by atoms with van der Waals surface area (Å²) in [5.41, 5.74) is 5.12. The fraction of sp³-hybridized carbons (Fsp3) is 0.292. The molecule has 0 radical (unpaired) electrons. The van der Waals surface area contributed by atoms with Gasteiger partial charge in [0.05, 0.1) is 17.6 Å². The van der Waals surface area contributed by atoms with Gasteiger partial charge in [-0.2, -0.15) is 0 Å². The third kappa shape index (κ3) is 4.45. The first-order valence-corrected chi connectivity index (χ1v) is 9.79. The minimum Gasteiger partial charge on any atom is -0.332 e. The number of aromatic nitrogens is 1. The van der Waals surface area contributed by atoms with Crippen LogP contribution in [0.3, 0.4) is 0 Å². The van der Waals surface area contributed by atoms with Crippen LogP contribution in [0.4, 0.5) is 5.69 Å². The zero-order valence-corrected chi connectivity index (χ0v) is 17.6. The molecule has 0 spiro atoms. The van der Waals surface area contributed by atoms with E-state index in [-0.39, 0.29) is 24.3 Å². The quantitative estimate of drug-likeness (QED) is 0.689. The lowest BCUT2D eigenvalue weighted by molar-refractivity contribution is -0.116. The molecule has 0 aliphatic heterocycles. The maximum atomic E-state index is 13.2. The van der Waals surface area contributed by atoms with E-state index in [4.69, 9.17) is 0 Å². The summed E-state index contributed by atoms with van der Waals surface area (Å²) in [6, 6.07) is 15.2. The molecule has 1 N–H and O–H groups in total. The predicted octanol–water partition coefficient (Wildman–Crippen LogP) is 4.69. The van der Waals surface area contributed by atoms with Gasteiger partial charge in [0.1, 0.15) is 0 Å². The summed E-state index contributed by atoms with van der Waals surface area (Å²) in [6.45, 7) is 8.04. The number of nitrogens with one attached hydrogen (secondary N) is 1. The van der Waals surface area contributed by atoms with Gasteiger partial charge >= 0.3 is 0 Å². The summed E-state index contributed by atoms with van der Waals surface area (Å²) in [5.74, 6) is -0.220. The summed E-state index contributed by atoms with van der Waals surface area (Å²) in [4.78, 5) is 31.8. The Morgan fingerprint density at radius 1 is 1.07 bits per heavy atom. The second-order valence-corrected chi connectivity index (χ2v) is 7.72. The molecule has 0 bridgehead atoms. The van der Waals surface area contributed by atoms with Gasteiger partial charge in [0.15, 0.2) is 0 Å². The van der Waals surface area contributed by atoms with E-state index in [9.17, 15) is 9.59 Å². The lowest BCUT2D eigenvalue weighted by atomic mass is 10.0. The largest absolute Gasteiger partial charge is 0.332 e. The number of amides is 2. The van der Waals surface area contributed by atoms with Crippen LogP contribution in [-0.4, -0.2) is 35.3 Å². The second-order valence-electron chi connectivity index (χ2n) is 7.72. The number of hydrogen-bond acceptors (Lipinski definition) is 3. The van der Waals surface area contributed by atoms with Gasteiger partial charge in [-0.3, -0.25) is 14.6 Å². The molecule has 1 heterocycles. The van der Waals surface area contributed by atoms with Crippen LogP contribution in [-0.2, 0) is 4.79 Å². The smallest absolute Gasteiger partial charge is 0.254 e. The molecule has 0 aliphatic rings. The lowest BCUT2D eigenvalue weighted by Crippen LogP contribution is -2.35. The number of benzene rings is 2. The van der Waals surface area contributed by atoms with Gasteiger partial charge in [0, 0.05) is 23.8 Å². The van der Waals surface area contributed by atoms with E-state index in [1.54, 1.807) is 7.05 Å². The number of likely N-dealkylation sites (N-methyl/N-ethyl adjacent to an activating group) is 1. The highest BCUT2D eigenvalue weighted by atomic mass is 16.2. The summed E-state index contributed by atoms with van der Waals surface area (Å²) < 4.78 is 0. The molecule has 3 rings (SSSR count). The highest BCUT2D eigenvalue weighted by molar-refractivity contribution is 6.07. The third-order valence-corrected chi connectivity index (χ3v) is 5.16. The monoisotopic (exact) mass is 389 g/mol. The molecule has 150 valence electrons. The normalized spacial score (nSPS) is 11.0. The number of carbonyl (C=O) groups excluding carboxylic acids is 2. The Balaban J connectivity index is 1.83. The molecular weight excluding hydrogens is 362 g/mol. The van der Waals surface area contributed by atoms with E-state index in [2.05, 4.69) is 10.3 Å². The zero-order chi connectivity index (χ0) is 21.1. The van der Waals surface area contributed by atoms with Gasteiger partial charge in [-0.05, 0) is 49.1 Å². The molecule has 0 unspecified atom stereocenters. The Bertz CT molecular complexity index is 1070. The van der Waals surface area contributed by atoms with Crippen LogP contribution in [0.2, 0.25) is 0 Å². The van der Waals surface area contributed by atoms with Crippen LogP contribution >= 0.6 is 0 Å². The number of carbonyl (C=O) groups is 2. The van der Waals surface area contributed by atoms with E-state index >= 15 is 0 Å². The van der Waals surface area contributed by atoms with Crippen molar-refractivity contribution in [3.63, 3.8) is 0 Å². The molecule has 0 saturated heterocycles. The molecule has 2 aromatic carbocycles. The van der Waals surface area contributed by atoms with E-state index in [1.165, 1.54) is 4.90 Å². The topological polar surface area (TPSA) is 62.3 Å². The third-order valence-electron chi connectivity index (χ3n) is 5.16. The predicted molar refractivity (Wildman–Crippen MR) is 117 cm³/mol. The summed E-state index contributed by atoms with van der Waals surface area (Å²) in [5, 5.41) is 3.70. The molecule has 0 atom stereocenters. The van der Waals surface area contributed by atoms with Crippen molar-refractivity contribution in [2.75, 3.05) is 18.9 Å². The molecule has 5 nitrogen and oxygen atoms in total. The Labute approximate surface area is 171 Å². The maximum absolute atomic E-state index is 13.2.